The average Bonchev–Trinajstić information content (AvgIpc) is 2.50. The maximum Gasteiger partial charge on any atom is 0.122 e. The smallest absolute Gasteiger partial charge is 0.122 e. The molecule has 0 aliphatic carbocycles. The molecule has 3 nitrogen and oxygen atoms in total. The van der Waals surface area contributed by atoms with Crippen molar-refractivity contribution in [3.8, 4) is 0 Å². The Hall–Kier alpha value is -1.03. The highest BCUT2D eigenvalue weighted by atomic mass is 79.9. The minimum atomic E-state index is 0.115. The highest BCUT2D eigenvalue weighted by Gasteiger charge is 2.23. The van der Waals surface area contributed by atoms with Gasteiger partial charge < -0.3 is 10.6 Å². The Bertz CT molecular complexity index is 482. The number of halogens is 1. The van der Waals surface area contributed by atoms with E-state index >= 15 is 0 Å². The lowest BCUT2D eigenvalue weighted by molar-refractivity contribution is 0.325. The van der Waals surface area contributed by atoms with Crippen LogP contribution in [0.2, 0.25) is 0 Å². The van der Waals surface area contributed by atoms with E-state index in [2.05, 4.69) is 40.7 Å². The third kappa shape index (κ3) is 3.50. The van der Waals surface area contributed by atoms with Crippen molar-refractivity contribution in [1.82, 2.24) is 0 Å². The third-order valence-electron chi connectivity index (χ3n) is 3.94. The van der Waals surface area contributed by atoms with Crippen molar-refractivity contribution in [1.29, 1.82) is 5.41 Å². The molecule has 1 aliphatic heterocycles. The molecule has 0 spiro atoms. The molecular formula is C15H22BrN3. The summed E-state index contributed by atoms with van der Waals surface area (Å²) >= 11 is 3.61. The van der Waals surface area contributed by atoms with Crippen LogP contribution in [-0.2, 0) is 0 Å². The van der Waals surface area contributed by atoms with E-state index in [1.165, 1.54) is 24.9 Å². The topological polar surface area (TPSA) is 53.1 Å². The highest BCUT2D eigenvalue weighted by molar-refractivity contribution is 9.10. The molecule has 0 unspecified atom stereocenters. The second kappa shape index (κ2) is 5.53. The first kappa shape index (κ1) is 14.4. The largest absolute Gasteiger partial charge is 0.384 e. The molecule has 0 saturated carbocycles. The summed E-state index contributed by atoms with van der Waals surface area (Å²) in [5.41, 5.74) is 7.95. The molecule has 0 amide bonds. The summed E-state index contributed by atoms with van der Waals surface area (Å²) < 4.78 is 1.03. The van der Waals surface area contributed by atoms with Crippen molar-refractivity contribution in [3.05, 3.63) is 28.2 Å². The van der Waals surface area contributed by atoms with Crippen LogP contribution in [0.25, 0.3) is 0 Å². The van der Waals surface area contributed by atoms with E-state index in [-0.39, 0.29) is 5.84 Å². The molecule has 0 radical (unpaired) electrons. The zero-order valence-electron chi connectivity index (χ0n) is 11.7. The van der Waals surface area contributed by atoms with Crippen LogP contribution in [0.3, 0.4) is 0 Å². The van der Waals surface area contributed by atoms with Crippen LogP contribution in [-0.4, -0.2) is 18.9 Å². The summed E-state index contributed by atoms with van der Waals surface area (Å²) in [6.45, 7) is 6.89. The van der Waals surface area contributed by atoms with E-state index in [0.29, 0.717) is 5.41 Å². The number of benzene rings is 1. The molecule has 1 aromatic rings. The number of nitrogens with two attached hydrogens (primary N) is 1. The molecule has 0 atom stereocenters. The van der Waals surface area contributed by atoms with Gasteiger partial charge in [-0.05, 0) is 58.8 Å². The summed E-state index contributed by atoms with van der Waals surface area (Å²) in [5.74, 6) is 0.115. The van der Waals surface area contributed by atoms with Crippen molar-refractivity contribution in [3.63, 3.8) is 0 Å². The first-order valence-electron chi connectivity index (χ1n) is 6.78. The monoisotopic (exact) mass is 323 g/mol. The van der Waals surface area contributed by atoms with E-state index in [0.717, 1.165) is 23.1 Å². The van der Waals surface area contributed by atoms with Crippen LogP contribution < -0.4 is 10.6 Å². The lowest BCUT2D eigenvalue weighted by atomic mass is 9.85. The van der Waals surface area contributed by atoms with E-state index < -0.39 is 0 Å². The zero-order chi connectivity index (χ0) is 14.0. The standard InChI is InChI=1S/C15H22BrN3/c1-15(2)6-3-8-19(9-7-15)13-5-4-11(14(17)18)10-12(13)16/h4-5,10H,3,6-9H2,1-2H3,(H3,17,18). The van der Waals surface area contributed by atoms with E-state index in [1.54, 1.807) is 0 Å². The molecule has 1 fully saturated rings. The zero-order valence-corrected chi connectivity index (χ0v) is 13.3. The molecule has 3 N–H and O–H groups in total. The number of rotatable bonds is 2. The number of amidine groups is 1. The van der Waals surface area contributed by atoms with E-state index in [1.807, 2.05) is 12.1 Å². The second-order valence-corrected chi connectivity index (χ2v) is 6.94. The van der Waals surface area contributed by atoms with Gasteiger partial charge in [-0.15, -0.1) is 0 Å². The van der Waals surface area contributed by atoms with Crippen LogP contribution in [0.1, 0.15) is 38.7 Å². The predicted octanol–water partition coefficient (Wildman–Crippen LogP) is 3.75. The Labute approximate surface area is 123 Å². The first-order valence-corrected chi connectivity index (χ1v) is 7.57. The SMILES string of the molecule is CC1(C)CCCN(c2ccc(C(=N)N)cc2Br)CC1. The van der Waals surface area contributed by atoms with Gasteiger partial charge in [0.25, 0.3) is 0 Å². The summed E-state index contributed by atoms with van der Waals surface area (Å²) in [7, 11) is 0. The summed E-state index contributed by atoms with van der Waals surface area (Å²) in [6, 6.07) is 5.94. The summed E-state index contributed by atoms with van der Waals surface area (Å²) in [4.78, 5) is 2.43. The van der Waals surface area contributed by atoms with Gasteiger partial charge >= 0.3 is 0 Å². The van der Waals surface area contributed by atoms with Crippen molar-refractivity contribution in [2.24, 2.45) is 11.1 Å². The molecule has 1 aliphatic rings. The molecule has 19 heavy (non-hydrogen) atoms. The minimum absolute atomic E-state index is 0.115. The van der Waals surface area contributed by atoms with Crippen LogP contribution in [0.15, 0.2) is 22.7 Å². The van der Waals surface area contributed by atoms with Gasteiger partial charge in [0.2, 0.25) is 0 Å². The fourth-order valence-corrected chi connectivity index (χ4v) is 3.22. The van der Waals surface area contributed by atoms with Crippen molar-refractivity contribution in [2.45, 2.75) is 33.1 Å². The molecule has 1 heterocycles. The number of hydrogen-bond donors (Lipinski definition) is 2. The lowest BCUT2D eigenvalue weighted by Crippen LogP contribution is -2.25. The first-order chi connectivity index (χ1) is 8.89. The van der Waals surface area contributed by atoms with E-state index in [4.69, 9.17) is 11.1 Å². The van der Waals surface area contributed by atoms with Gasteiger partial charge in [-0.1, -0.05) is 13.8 Å². The number of nitrogens with one attached hydrogen (secondary N) is 1. The van der Waals surface area contributed by atoms with Crippen molar-refractivity contribution >= 4 is 27.5 Å². The molecule has 4 heteroatoms. The van der Waals surface area contributed by atoms with Gasteiger partial charge in [-0.25, -0.2) is 0 Å². The van der Waals surface area contributed by atoms with Gasteiger partial charge in [0.1, 0.15) is 5.84 Å². The molecule has 0 aromatic heterocycles. The van der Waals surface area contributed by atoms with Crippen LogP contribution >= 0.6 is 15.9 Å². The fourth-order valence-electron chi connectivity index (χ4n) is 2.59. The van der Waals surface area contributed by atoms with Crippen LogP contribution in [0.4, 0.5) is 5.69 Å². The molecule has 0 bridgehead atoms. The maximum atomic E-state index is 7.48. The quantitative estimate of drug-likeness (QED) is 0.643. The Kier molecular flexibility index (Phi) is 4.19. The normalized spacial score (nSPS) is 19.0. The second-order valence-electron chi connectivity index (χ2n) is 6.08. The Morgan fingerprint density at radius 3 is 2.68 bits per heavy atom. The third-order valence-corrected chi connectivity index (χ3v) is 4.57. The maximum absolute atomic E-state index is 7.48. The molecule has 1 saturated heterocycles. The Balaban J connectivity index is 2.20. The molecular weight excluding hydrogens is 302 g/mol. The molecule has 1 aromatic carbocycles. The number of nitrogens with zero attached hydrogens (tertiary/aromatic N) is 1. The summed E-state index contributed by atoms with van der Waals surface area (Å²) in [6.07, 6.45) is 3.73. The number of anilines is 1. The Morgan fingerprint density at radius 1 is 1.32 bits per heavy atom. The molecule has 2 rings (SSSR count). The van der Waals surface area contributed by atoms with E-state index in [9.17, 15) is 0 Å². The van der Waals surface area contributed by atoms with Gasteiger partial charge in [0.05, 0.1) is 5.69 Å². The lowest BCUT2D eigenvalue weighted by Gasteiger charge is -2.26. The van der Waals surface area contributed by atoms with Gasteiger partial charge in [-0.3, -0.25) is 5.41 Å². The van der Waals surface area contributed by atoms with Gasteiger partial charge in [-0.2, -0.15) is 0 Å². The van der Waals surface area contributed by atoms with Crippen molar-refractivity contribution in [2.75, 3.05) is 18.0 Å². The van der Waals surface area contributed by atoms with Crippen LogP contribution in [0.5, 0.6) is 0 Å². The average molecular weight is 324 g/mol. The van der Waals surface area contributed by atoms with Crippen LogP contribution in [0, 0.1) is 10.8 Å². The minimum Gasteiger partial charge on any atom is -0.384 e. The fraction of sp³-hybridized carbons (Fsp3) is 0.533. The Morgan fingerprint density at radius 2 is 2.05 bits per heavy atom. The highest BCUT2D eigenvalue weighted by Crippen LogP contribution is 2.34. The van der Waals surface area contributed by atoms with Gasteiger partial charge in [0, 0.05) is 23.1 Å². The van der Waals surface area contributed by atoms with Gasteiger partial charge in [0.15, 0.2) is 0 Å². The summed E-state index contributed by atoms with van der Waals surface area (Å²) in [5, 5.41) is 7.48. The predicted molar refractivity (Wildman–Crippen MR) is 85.0 cm³/mol. The number of nitrogen functional groups attached to an aromatic ring is 1. The van der Waals surface area contributed by atoms with Crippen molar-refractivity contribution < 1.29 is 0 Å². The number of hydrogen-bond acceptors (Lipinski definition) is 2. The molecule has 104 valence electrons.